The zero-order valence-corrected chi connectivity index (χ0v) is 13.6. The SMILES string of the molecule is ClCc1csc(CCCCN2CCN(C3CC3)CC2)n1. The molecule has 112 valence electrons. The van der Waals surface area contributed by atoms with Gasteiger partial charge < -0.3 is 4.90 Å². The molecule has 2 heterocycles. The number of aryl methyl sites for hydroxylation is 1. The van der Waals surface area contributed by atoms with Gasteiger partial charge in [0.05, 0.1) is 16.6 Å². The molecule has 1 aliphatic carbocycles. The fourth-order valence-corrected chi connectivity index (χ4v) is 4.00. The van der Waals surface area contributed by atoms with Gasteiger partial charge in [0.15, 0.2) is 0 Å². The second kappa shape index (κ2) is 7.21. The summed E-state index contributed by atoms with van der Waals surface area (Å²) in [5, 5.41) is 3.33. The van der Waals surface area contributed by atoms with Crippen LogP contribution >= 0.6 is 22.9 Å². The molecule has 3 nitrogen and oxygen atoms in total. The van der Waals surface area contributed by atoms with Gasteiger partial charge in [-0.25, -0.2) is 4.98 Å². The minimum absolute atomic E-state index is 0.543. The number of aromatic nitrogens is 1. The Hall–Kier alpha value is -0.160. The van der Waals surface area contributed by atoms with Crippen molar-refractivity contribution in [3.8, 4) is 0 Å². The Labute approximate surface area is 130 Å². The molecule has 1 saturated heterocycles. The summed E-state index contributed by atoms with van der Waals surface area (Å²) in [5.41, 5.74) is 1.03. The summed E-state index contributed by atoms with van der Waals surface area (Å²) >= 11 is 7.53. The maximum atomic E-state index is 5.78. The van der Waals surface area contributed by atoms with Gasteiger partial charge in [0.2, 0.25) is 0 Å². The molecular weight excluding hydrogens is 290 g/mol. The van der Waals surface area contributed by atoms with E-state index in [2.05, 4.69) is 20.2 Å². The first-order valence-electron chi connectivity index (χ1n) is 7.81. The maximum Gasteiger partial charge on any atom is 0.0928 e. The largest absolute Gasteiger partial charge is 0.301 e. The highest BCUT2D eigenvalue weighted by molar-refractivity contribution is 7.09. The molecule has 1 aromatic heterocycles. The van der Waals surface area contributed by atoms with Crippen LogP contribution in [-0.4, -0.2) is 53.5 Å². The zero-order valence-electron chi connectivity index (χ0n) is 12.1. The Morgan fingerprint density at radius 2 is 2.00 bits per heavy atom. The minimum atomic E-state index is 0.543. The third-order valence-corrected chi connectivity index (χ3v) is 5.55. The first kappa shape index (κ1) is 14.8. The number of nitrogens with zero attached hydrogens (tertiary/aromatic N) is 3. The lowest BCUT2D eigenvalue weighted by Crippen LogP contribution is -2.47. The third-order valence-electron chi connectivity index (χ3n) is 4.32. The predicted octanol–water partition coefficient (Wildman–Crippen LogP) is 2.98. The zero-order chi connectivity index (χ0) is 13.8. The van der Waals surface area contributed by atoms with Gasteiger partial charge in [0.25, 0.3) is 0 Å². The Bertz CT molecular complexity index is 411. The summed E-state index contributed by atoms with van der Waals surface area (Å²) in [5.74, 6) is 0.543. The van der Waals surface area contributed by atoms with E-state index >= 15 is 0 Å². The summed E-state index contributed by atoms with van der Waals surface area (Å²) in [7, 11) is 0. The Balaban J connectivity index is 1.28. The highest BCUT2D eigenvalue weighted by atomic mass is 35.5. The lowest BCUT2D eigenvalue weighted by Gasteiger charge is -2.34. The summed E-state index contributed by atoms with van der Waals surface area (Å²) in [6, 6.07) is 0.943. The van der Waals surface area contributed by atoms with Crippen LogP contribution in [0.5, 0.6) is 0 Å². The standard InChI is InChI=1S/C15H24ClN3S/c16-11-13-12-20-15(17-13)3-1-2-6-18-7-9-19(10-8-18)14-4-5-14/h12,14H,1-11H2. The summed E-state index contributed by atoms with van der Waals surface area (Å²) < 4.78 is 0. The molecule has 1 aliphatic heterocycles. The quantitative estimate of drug-likeness (QED) is 0.570. The molecule has 0 N–H and O–H groups in total. The van der Waals surface area contributed by atoms with E-state index in [-0.39, 0.29) is 0 Å². The molecule has 3 rings (SSSR count). The second-order valence-electron chi connectivity index (χ2n) is 5.93. The van der Waals surface area contributed by atoms with E-state index in [1.165, 1.54) is 63.4 Å². The molecule has 0 unspecified atom stereocenters. The molecule has 0 radical (unpaired) electrons. The normalized spacial score (nSPS) is 21.4. The fourth-order valence-electron chi connectivity index (χ4n) is 2.93. The van der Waals surface area contributed by atoms with Crippen molar-refractivity contribution in [2.45, 2.75) is 44.0 Å². The number of hydrogen-bond acceptors (Lipinski definition) is 4. The van der Waals surface area contributed by atoms with E-state index in [9.17, 15) is 0 Å². The van der Waals surface area contributed by atoms with Crippen LogP contribution in [0.25, 0.3) is 0 Å². The van der Waals surface area contributed by atoms with Crippen molar-refractivity contribution in [3.63, 3.8) is 0 Å². The summed E-state index contributed by atoms with van der Waals surface area (Å²) in [6.45, 7) is 6.37. The number of halogens is 1. The first-order chi connectivity index (χ1) is 9.85. The van der Waals surface area contributed by atoms with Crippen molar-refractivity contribution < 1.29 is 0 Å². The molecule has 0 bridgehead atoms. The molecule has 0 amide bonds. The monoisotopic (exact) mass is 313 g/mol. The van der Waals surface area contributed by atoms with Crippen LogP contribution in [-0.2, 0) is 12.3 Å². The van der Waals surface area contributed by atoms with E-state index in [0.717, 1.165) is 18.2 Å². The van der Waals surface area contributed by atoms with Crippen LogP contribution in [0.15, 0.2) is 5.38 Å². The van der Waals surface area contributed by atoms with Crippen LogP contribution < -0.4 is 0 Å². The van der Waals surface area contributed by atoms with Gasteiger partial charge in [-0.2, -0.15) is 0 Å². The highest BCUT2D eigenvalue weighted by Gasteiger charge is 2.30. The van der Waals surface area contributed by atoms with Gasteiger partial charge in [-0.3, -0.25) is 4.90 Å². The number of thiazole rings is 1. The van der Waals surface area contributed by atoms with Crippen molar-refractivity contribution >= 4 is 22.9 Å². The van der Waals surface area contributed by atoms with Crippen molar-refractivity contribution in [1.82, 2.24) is 14.8 Å². The average Bonchev–Trinajstić information content (AvgIpc) is 3.23. The Morgan fingerprint density at radius 3 is 2.65 bits per heavy atom. The number of hydrogen-bond donors (Lipinski definition) is 0. The molecule has 0 spiro atoms. The van der Waals surface area contributed by atoms with Crippen molar-refractivity contribution in [3.05, 3.63) is 16.1 Å². The fraction of sp³-hybridized carbons (Fsp3) is 0.800. The van der Waals surface area contributed by atoms with Gasteiger partial charge in [0, 0.05) is 37.6 Å². The van der Waals surface area contributed by atoms with Gasteiger partial charge in [-0.15, -0.1) is 22.9 Å². The predicted molar refractivity (Wildman–Crippen MR) is 85.6 cm³/mol. The molecule has 2 fully saturated rings. The topological polar surface area (TPSA) is 19.4 Å². The molecule has 2 aliphatic rings. The Morgan fingerprint density at radius 1 is 1.20 bits per heavy atom. The van der Waals surface area contributed by atoms with E-state index in [4.69, 9.17) is 11.6 Å². The molecule has 20 heavy (non-hydrogen) atoms. The number of piperazine rings is 1. The smallest absolute Gasteiger partial charge is 0.0928 e. The molecule has 0 atom stereocenters. The third kappa shape index (κ3) is 4.17. The van der Waals surface area contributed by atoms with Crippen LogP contribution in [0.1, 0.15) is 36.4 Å². The summed E-state index contributed by atoms with van der Waals surface area (Å²) in [6.07, 6.45) is 6.54. The second-order valence-corrected chi connectivity index (χ2v) is 7.14. The van der Waals surface area contributed by atoms with Gasteiger partial charge in [-0.05, 0) is 38.6 Å². The number of rotatable bonds is 7. The van der Waals surface area contributed by atoms with Crippen molar-refractivity contribution in [1.29, 1.82) is 0 Å². The van der Waals surface area contributed by atoms with E-state index in [1.807, 2.05) is 0 Å². The molecule has 5 heteroatoms. The molecule has 1 saturated carbocycles. The van der Waals surface area contributed by atoms with Crippen molar-refractivity contribution in [2.75, 3.05) is 32.7 Å². The lowest BCUT2D eigenvalue weighted by atomic mass is 10.2. The number of alkyl halides is 1. The lowest BCUT2D eigenvalue weighted by molar-refractivity contribution is 0.125. The Kier molecular flexibility index (Phi) is 5.32. The minimum Gasteiger partial charge on any atom is -0.301 e. The van der Waals surface area contributed by atoms with E-state index < -0.39 is 0 Å². The van der Waals surface area contributed by atoms with Gasteiger partial charge in [0.1, 0.15) is 0 Å². The summed E-state index contributed by atoms with van der Waals surface area (Å²) in [4.78, 5) is 9.83. The van der Waals surface area contributed by atoms with Gasteiger partial charge >= 0.3 is 0 Å². The van der Waals surface area contributed by atoms with Crippen LogP contribution in [0.3, 0.4) is 0 Å². The molecular formula is C15H24ClN3S. The van der Waals surface area contributed by atoms with E-state index in [1.54, 1.807) is 11.3 Å². The number of unbranched alkanes of at least 4 members (excludes halogenated alkanes) is 1. The first-order valence-corrected chi connectivity index (χ1v) is 9.22. The van der Waals surface area contributed by atoms with E-state index in [0.29, 0.717) is 5.88 Å². The average molecular weight is 314 g/mol. The maximum absolute atomic E-state index is 5.78. The highest BCUT2D eigenvalue weighted by Crippen LogP contribution is 2.27. The van der Waals surface area contributed by atoms with Crippen molar-refractivity contribution in [2.24, 2.45) is 0 Å². The van der Waals surface area contributed by atoms with Crippen LogP contribution in [0.2, 0.25) is 0 Å². The molecule has 1 aromatic rings. The van der Waals surface area contributed by atoms with Crippen LogP contribution in [0.4, 0.5) is 0 Å². The molecule has 0 aromatic carbocycles. The van der Waals surface area contributed by atoms with Crippen LogP contribution in [0, 0.1) is 0 Å². The van der Waals surface area contributed by atoms with Gasteiger partial charge in [-0.1, -0.05) is 0 Å².